The molecule has 31 heavy (non-hydrogen) atoms. The van der Waals surface area contributed by atoms with E-state index in [0.29, 0.717) is 37.2 Å². The quantitative estimate of drug-likeness (QED) is 0.302. The summed E-state index contributed by atoms with van der Waals surface area (Å²) < 4.78 is 2.20. The van der Waals surface area contributed by atoms with Gasteiger partial charge in [-0.2, -0.15) is 0 Å². The number of thioether (sulfide) groups is 1. The van der Waals surface area contributed by atoms with E-state index >= 15 is 0 Å². The van der Waals surface area contributed by atoms with Crippen LogP contribution in [0.15, 0.2) is 49.8 Å². The van der Waals surface area contributed by atoms with Crippen LogP contribution in [0.25, 0.3) is 31.6 Å². The molecule has 4 aromatic heterocycles. The SMILES string of the molecule is Cc1ccc(-c2csc3nc(SCc4nc5ccsc5c(=O)[nH]4)n(C)c(=O)c23)cc1C. The zero-order valence-corrected chi connectivity index (χ0v) is 19.5. The average Bonchev–Trinajstić information content (AvgIpc) is 3.39. The Hall–Kier alpha value is -2.75. The van der Waals surface area contributed by atoms with Crippen molar-refractivity contribution >= 4 is 54.9 Å². The largest absolute Gasteiger partial charge is 0.309 e. The van der Waals surface area contributed by atoms with Crippen LogP contribution in [0.4, 0.5) is 0 Å². The molecule has 0 amide bonds. The molecule has 1 aromatic carbocycles. The van der Waals surface area contributed by atoms with Gasteiger partial charge in [0.25, 0.3) is 11.1 Å². The lowest BCUT2D eigenvalue weighted by Crippen LogP contribution is -2.20. The molecule has 1 N–H and O–H groups in total. The number of rotatable bonds is 4. The van der Waals surface area contributed by atoms with Crippen molar-refractivity contribution in [3.8, 4) is 11.1 Å². The Morgan fingerprint density at radius 1 is 1.10 bits per heavy atom. The second-order valence-corrected chi connectivity index (χ2v) is 10.0. The Morgan fingerprint density at radius 2 is 1.94 bits per heavy atom. The molecule has 5 rings (SSSR count). The first-order chi connectivity index (χ1) is 14.9. The standard InChI is InChI=1S/C22H18N4O2S3/c1-11-4-5-13(8-12(11)2)14-9-30-20-17(14)21(28)26(3)22(25-20)31-10-16-23-15-6-7-29-18(15)19(27)24-16/h4-9H,10H2,1-3H3,(H,23,24,27). The third kappa shape index (κ3) is 3.52. The third-order valence-corrected chi connectivity index (χ3v) is 8.11. The summed E-state index contributed by atoms with van der Waals surface area (Å²) >= 11 is 4.24. The number of nitrogens with one attached hydrogen (secondary N) is 1. The fraction of sp³-hybridized carbons (Fsp3) is 0.182. The Bertz CT molecular complexity index is 1580. The van der Waals surface area contributed by atoms with Gasteiger partial charge in [0.2, 0.25) is 0 Å². The maximum atomic E-state index is 13.2. The molecule has 0 saturated heterocycles. The topological polar surface area (TPSA) is 80.6 Å². The van der Waals surface area contributed by atoms with Gasteiger partial charge >= 0.3 is 0 Å². The van der Waals surface area contributed by atoms with Crippen molar-refractivity contribution in [2.45, 2.75) is 24.8 Å². The number of hydrogen-bond acceptors (Lipinski definition) is 7. The lowest BCUT2D eigenvalue weighted by atomic mass is 10.0. The number of fused-ring (bicyclic) bond motifs is 2. The van der Waals surface area contributed by atoms with E-state index in [4.69, 9.17) is 4.98 Å². The molecule has 6 nitrogen and oxygen atoms in total. The number of aryl methyl sites for hydroxylation is 2. The predicted molar refractivity (Wildman–Crippen MR) is 130 cm³/mol. The van der Waals surface area contributed by atoms with E-state index in [0.717, 1.165) is 11.1 Å². The molecule has 0 radical (unpaired) electrons. The van der Waals surface area contributed by atoms with Crippen LogP contribution in [-0.2, 0) is 12.8 Å². The molecule has 9 heteroatoms. The van der Waals surface area contributed by atoms with E-state index in [-0.39, 0.29) is 11.1 Å². The van der Waals surface area contributed by atoms with E-state index in [1.807, 2.05) is 16.8 Å². The van der Waals surface area contributed by atoms with Crippen molar-refractivity contribution in [2.24, 2.45) is 7.05 Å². The first-order valence-electron chi connectivity index (χ1n) is 9.57. The number of aromatic amines is 1. The summed E-state index contributed by atoms with van der Waals surface area (Å²) in [6, 6.07) is 8.08. The highest BCUT2D eigenvalue weighted by molar-refractivity contribution is 7.98. The van der Waals surface area contributed by atoms with Crippen molar-refractivity contribution in [3.63, 3.8) is 0 Å². The summed E-state index contributed by atoms with van der Waals surface area (Å²) in [7, 11) is 1.73. The Kier molecular flexibility index (Phi) is 5.04. The molecule has 156 valence electrons. The van der Waals surface area contributed by atoms with Crippen LogP contribution >= 0.6 is 34.4 Å². The van der Waals surface area contributed by atoms with Gasteiger partial charge in [-0.3, -0.25) is 14.2 Å². The number of aromatic nitrogens is 4. The maximum absolute atomic E-state index is 13.2. The van der Waals surface area contributed by atoms with Gasteiger partial charge in [-0.1, -0.05) is 30.0 Å². The van der Waals surface area contributed by atoms with Gasteiger partial charge in [-0.25, -0.2) is 9.97 Å². The van der Waals surface area contributed by atoms with Gasteiger partial charge in [-0.15, -0.1) is 22.7 Å². The van der Waals surface area contributed by atoms with E-state index in [2.05, 4.69) is 42.0 Å². The van der Waals surface area contributed by atoms with E-state index in [1.54, 1.807) is 11.6 Å². The molecular formula is C22H18N4O2S3. The Morgan fingerprint density at radius 3 is 2.74 bits per heavy atom. The molecule has 5 aromatic rings. The van der Waals surface area contributed by atoms with Gasteiger partial charge < -0.3 is 4.98 Å². The molecule has 0 saturated carbocycles. The van der Waals surface area contributed by atoms with Gasteiger partial charge in [0.05, 0.1) is 16.7 Å². The van der Waals surface area contributed by atoms with Crippen LogP contribution in [-0.4, -0.2) is 19.5 Å². The van der Waals surface area contributed by atoms with Gasteiger partial charge in [0.1, 0.15) is 15.4 Å². The third-order valence-electron chi connectivity index (χ3n) is 5.29. The summed E-state index contributed by atoms with van der Waals surface area (Å²) in [6.45, 7) is 4.15. The number of hydrogen-bond donors (Lipinski definition) is 1. The summed E-state index contributed by atoms with van der Waals surface area (Å²) in [5, 5.41) is 5.10. The first kappa shape index (κ1) is 20.2. The zero-order valence-electron chi connectivity index (χ0n) is 17.1. The molecule has 4 heterocycles. The minimum atomic E-state index is -0.135. The monoisotopic (exact) mass is 466 g/mol. The van der Waals surface area contributed by atoms with Crippen molar-refractivity contribution in [3.05, 3.63) is 72.7 Å². The van der Waals surface area contributed by atoms with Crippen LogP contribution in [0.2, 0.25) is 0 Å². The molecule has 0 unspecified atom stereocenters. The highest BCUT2D eigenvalue weighted by Crippen LogP contribution is 2.33. The van der Waals surface area contributed by atoms with E-state index in [9.17, 15) is 9.59 Å². The smallest absolute Gasteiger partial charge is 0.268 e. The summed E-state index contributed by atoms with van der Waals surface area (Å²) in [4.78, 5) is 38.2. The minimum Gasteiger partial charge on any atom is -0.309 e. The van der Waals surface area contributed by atoms with Crippen molar-refractivity contribution in [1.29, 1.82) is 0 Å². The van der Waals surface area contributed by atoms with Crippen molar-refractivity contribution in [2.75, 3.05) is 0 Å². The molecule has 0 aliphatic rings. The number of benzene rings is 1. The van der Waals surface area contributed by atoms with Gasteiger partial charge in [-0.05, 0) is 42.0 Å². The van der Waals surface area contributed by atoms with Crippen molar-refractivity contribution < 1.29 is 0 Å². The predicted octanol–water partition coefficient (Wildman–Crippen LogP) is 4.87. The highest BCUT2D eigenvalue weighted by Gasteiger charge is 2.16. The molecule has 0 aliphatic heterocycles. The minimum absolute atomic E-state index is 0.0725. The van der Waals surface area contributed by atoms with Crippen LogP contribution in [0.5, 0.6) is 0 Å². The van der Waals surface area contributed by atoms with Crippen LogP contribution in [0.3, 0.4) is 0 Å². The zero-order chi connectivity index (χ0) is 21.7. The molecule has 0 atom stereocenters. The summed E-state index contributed by atoms with van der Waals surface area (Å²) in [5.74, 6) is 0.986. The van der Waals surface area contributed by atoms with E-state index in [1.165, 1.54) is 45.6 Å². The maximum Gasteiger partial charge on any atom is 0.268 e. The highest BCUT2D eigenvalue weighted by atomic mass is 32.2. The second kappa shape index (κ2) is 7.74. The lowest BCUT2D eigenvalue weighted by Gasteiger charge is -2.08. The fourth-order valence-electron chi connectivity index (χ4n) is 3.43. The molecule has 0 fully saturated rings. The fourth-order valence-corrected chi connectivity index (χ4v) is 5.98. The number of nitrogens with zero attached hydrogens (tertiary/aromatic N) is 3. The van der Waals surface area contributed by atoms with Crippen LogP contribution < -0.4 is 11.1 Å². The van der Waals surface area contributed by atoms with Crippen LogP contribution in [0, 0.1) is 13.8 Å². The molecule has 0 bridgehead atoms. The normalized spacial score (nSPS) is 11.6. The van der Waals surface area contributed by atoms with Crippen LogP contribution in [0.1, 0.15) is 17.0 Å². The molecular weight excluding hydrogens is 448 g/mol. The number of H-pyrrole nitrogens is 1. The molecule has 0 spiro atoms. The van der Waals surface area contributed by atoms with Gasteiger partial charge in [0, 0.05) is 18.0 Å². The Balaban J connectivity index is 1.51. The van der Waals surface area contributed by atoms with Crippen molar-refractivity contribution in [1.82, 2.24) is 19.5 Å². The van der Waals surface area contributed by atoms with E-state index < -0.39 is 0 Å². The molecule has 0 aliphatic carbocycles. The first-order valence-corrected chi connectivity index (χ1v) is 12.3. The average molecular weight is 467 g/mol. The summed E-state index contributed by atoms with van der Waals surface area (Å²) in [6.07, 6.45) is 0. The Labute approximate surface area is 189 Å². The number of thiophene rings is 2. The van der Waals surface area contributed by atoms with Gasteiger partial charge in [0.15, 0.2) is 5.16 Å². The second-order valence-electron chi connectivity index (χ2n) is 7.32. The lowest BCUT2D eigenvalue weighted by molar-refractivity contribution is 0.727. The summed E-state index contributed by atoms with van der Waals surface area (Å²) in [5.41, 5.74) is 4.85.